The van der Waals surface area contributed by atoms with Gasteiger partial charge in [0.15, 0.2) is 0 Å². The molecule has 0 aromatic heterocycles. The Hall–Kier alpha value is -3.68. The zero-order valence-corrected chi connectivity index (χ0v) is 15.0. The van der Waals surface area contributed by atoms with Crippen molar-refractivity contribution >= 4 is 23.9 Å². The third-order valence-corrected chi connectivity index (χ3v) is 3.72. The van der Waals surface area contributed by atoms with Crippen molar-refractivity contribution in [3.05, 3.63) is 71.2 Å². The molecule has 1 atom stereocenters. The summed E-state index contributed by atoms with van der Waals surface area (Å²) < 4.78 is 13.0. The van der Waals surface area contributed by atoms with Crippen molar-refractivity contribution in [2.45, 2.75) is 19.4 Å². The summed E-state index contributed by atoms with van der Waals surface area (Å²) in [5.41, 5.74) is 0.871. The summed E-state index contributed by atoms with van der Waals surface area (Å²) in [6.07, 6.45) is 1.29. The first kappa shape index (κ1) is 20.6. The van der Waals surface area contributed by atoms with Crippen LogP contribution in [-0.4, -0.2) is 34.0 Å². The minimum atomic E-state index is -1.26. The maximum Gasteiger partial charge on any atom is 0.326 e. The van der Waals surface area contributed by atoms with Gasteiger partial charge in [-0.05, 0) is 41.5 Å². The summed E-state index contributed by atoms with van der Waals surface area (Å²) in [6.45, 7) is 1.21. The number of hydrogen-bond donors (Lipinski definition) is 4. The summed E-state index contributed by atoms with van der Waals surface area (Å²) in [4.78, 5) is 35.5. The lowest BCUT2D eigenvalue weighted by Gasteiger charge is -2.16. The molecule has 0 fully saturated rings. The van der Waals surface area contributed by atoms with Crippen LogP contribution in [0.3, 0.4) is 0 Å². The van der Waals surface area contributed by atoms with Gasteiger partial charge < -0.3 is 20.8 Å². The Bertz CT molecular complexity index is 892. The van der Waals surface area contributed by atoms with Crippen LogP contribution in [0.15, 0.2) is 54.2 Å². The highest BCUT2D eigenvalue weighted by Gasteiger charge is 2.23. The normalized spacial score (nSPS) is 12.1. The SMILES string of the molecule is CC(=O)N/C(=C\c1ccc(F)cc1)C(=O)N[C@H](Cc1ccc(O)cc1)C(=O)O. The van der Waals surface area contributed by atoms with E-state index in [4.69, 9.17) is 0 Å². The molecule has 0 heterocycles. The van der Waals surface area contributed by atoms with Crippen LogP contribution in [0, 0.1) is 5.82 Å². The molecule has 0 saturated heterocycles. The van der Waals surface area contributed by atoms with Gasteiger partial charge in [0.1, 0.15) is 23.3 Å². The van der Waals surface area contributed by atoms with Gasteiger partial charge in [-0.2, -0.15) is 0 Å². The quantitative estimate of drug-likeness (QED) is 0.542. The van der Waals surface area contributed by atoms with Gasteiger partial charge in [0.05, 0.1) is 0 Å². The van der Waals surface area contributed by atoms with Gasteiger partial charge in [-0.3, -0.25) is 9.59 Å². The molecule has 28 heavy (non-hydrogen) atoms. The van der Waals surface area contributed by atoms with Crippen LogP contribution in [0.25, 0.3) is 6.08 Å². The van der Waals surface area contributed by atoms with Gasteiger partial charge in [0.2, 0.25) is 5.91 Å². The first-order valence-electron chi connectivity index (χ1n) is 8.31. The van der Waals surface area contributed by atoms with E-state index in [-0.39, 0.29) is 17.9 Å². The van der Waals surface area contributed by atoms with E-state index in [0.717, 1.165) is 0 Å². The summed E-state index contributed by atoms with van der Waals surface area (Å²) in [5, 5.41) is 23.4. The number of carboxylic acids is 1. The average Bonchev–Trinajstić information content (AvgIpc) is 2.63. The average molecular weight is 386 g/mol. The monoisotopic (exact) mass is 386 g/mol. The van der Waals surface area contributed by atoms with E-state index in [1.165, 1.54) is 49.4 Å². The second-order valence-electron chi connectivity index (χ2n) is 6.03. The van der Waals surface area contributed by atoms with Crippen LogP contribution in [0.4, 0.5) is 4.39 Å². The standard InChI is InChI=1S/C20H19FN2O5/c1-12(24)22-17(10-13-2-6-15(21)7-3-13)19(26)23-18(20(27)28)11-14-4-8-16(25)9-5-14/h2-10,18,25H,11H2,1H3,(H,22,24)(H,23,26)(H,27,28)/b17-10-/t18-/m1/s1. The zero-order chi connectivity index (χ0) is 20.7. The number of phenolic OH excluding ortho intramolecular Hbond substituents is 1. The minimum Gasteiger partial charge on any atom is -0.508 e. The maximum atomic E-state index is 13.0. The Morgan fingerprint density at radius 3 is 2.21 bits per heavy atom. The molecule has 2 rings (SSSR count). The number of carboxylic acid groups (broad SMARTS) is 1. The highest BCUT2D eigenvalue weighted by molar-refractivity contribution is 6.02. The predicted molar refractivity (Wildman–Crippen MR) is 99.6 cm³/mol. The van der Waals surface area contributed by atoms with Crippen molar-refractivity contribution in [3.8, 4) is 5.75 Å². The van der Waals surface area contributed by atoms with Crippen LogP contribution in [-0.2, 0) is 20.8 Å². The molecule has 4 N–H and O–H groups in total. The van der Waals surface area contributed by atoms with Crippen LogP contribution in [0.5, 0.6) is 5.75 Å². The Kier molecular flexibility index (Phi) is 6.86. The third kappa shape index (κ3) is 6.24. The van der Waals surface area contributed by atoms with E-state index in [1.807, 2.05) is 0 Å². The van der Waals surface area contributed by atoms with Crippen LogP contribution in [0.2, 0.25) is 0 Å². The first-order chi connectivity index (χ1) is 13.2. The van der Waals surface area contributed by atoms with Crippen molar-refractivity contribution in [2.75, 3.05) is 0 Å². The van der Waals surface area contributed by atoms with E-state index in [2.05, 4.69) is 10.6 Å². The van der Waals surface area contributed by atoms with Crippen molar-refractivity contribution in [2.24, 2.45) is 0 Å². The van der Waals surface area contributed by atoms with E-state index in [0.29, 0.717) is 11.1 Å². The highest BCUT2D eigenvalue weighted by atomic mass is 19.1. The zero-order valence-electron chi connectivity index (χ0n) is 15.0. The number of nitrogens with one attached hydrogen (secondary N) is 2. The molecule has 8 heteroatoms. The van der Waals surface area contributed by atoms with Crippen molar-refractivity contribution in [3.63, 3.8) is 0 Å². The Morgan fingerprint density at radius 1 is 1.07 bits per heavy atom. The molecule has 0 spiro atoms. The van der Waals surface area contributed by atoms with Crippen molar-refractivity contribution < 1.29 is 29.0 Å². The second-order valence-corrected chi connectivity index (χ2v) is 6.03. The lowest BCUT2D eigenvalue weighted by molar-refractivity contribution is -0.141. The number of hydrogen-bond acceptors (Lipinski definition) is 4. The molecule has 146 valence electrons. The molecule has 0 aliphatic rings. The molecule has 0 aliphatic carbocycles. The van der Waals surface area contributed by atoms with E-state index in [9.17, 15) is 29.0 Å². The van der Waals surface area contributed by atoms with Gasteiger partial charge >= 0.3 is 5.97 Å². The number of halogens is 1. The van der Waals surface area contributed by atoms with E-state index in [1.54, 1.807) is 12.1 Å². The predicted octanol–water partition coefficient (Wildman–Crippen LogP) is 1.82. The number of carbonyl (C=O) groups is 3. The summed E-state index contributed by atoms with van der Waals surface area (Å²) >= 11 is 0. The van der Waals surface area contributed by atoms with Gasteiger partial charge in [0, 0.05) is 13.3 Å². The Morgan fingerprint density at radius 2 is 1.68 bits per heavy atom. The number of phenols is 1. The summed E-state index contributed by atoms with van der Waals surface area (Å²) in [5.74, 6) is -3.00. The molecule has 2 aromatic rings. The number of carbonyl (C=O) groups excluding carboxylic acids is 2. The molecule has 2 aromatic carbocycles. The molecule has 0 unspecified atom stereocenters. The molecule has 0 radical (unpaired) electrons. The van der Waals surface area contributed by atoms with Crippen LogP contribution in [0.1, 0.15) is 18.1 Å². The highest BCUT2D eigenvalue weighted by Crippen LogP contribution is 2.12. The second kappa shape index (κ2) is 9.31. The van der Waals surface area contributed by atoms with Gasteiger partial charge in [-0.15, -0.1) is 0 Å². The lowest BCUT2D eigenvalue weighted by atomic mass is 10.1. The molecule has 0 bridgehead atoms. The molecule has 2 amide bonds. The summed E-state index contributed by atoms with van der Waals surface area (Å²) in [6, 6.07) is 9.86. The number of rotatable bonds is 7. The van der Waals surface area contributed by atoms with Crippen LogP contribution < -0.4 is 10.6 Å². The van der Waals surface area contributed by atoms with Crippen LogP contribution >= 0.6 is 0 Å². The number of aromatic hydroxyl groups is 1. The van der Waals surface area contributed by atoms with E-state index < -0.39 is 29.6 Å². The van der Waals surface area contributed by atoms with E-state index >= 15 is 0 Å². The smallest absolute Gasteiger partial charge is 0.326 e. The maximum absolute atomic E-state index is 13.0. The fraction of sp³-hybridized carbons (Fsp3) is 0.150. The number of aliphatic carboxylic acids is 1. The molecular formula is C20H19FN2O5. The first-order valence-corrected chi connectivity index (χ1v) is 8.31. The van der Waals surface area contributed by atoms with Gasteiger partial charge in [0.25, 0.3) is 5.91 Å². The largest absolute Gasteiger partial charge is 0.508 e. The van der Waals surface area contributed by atoms with Crippen molar-refractivity contribution in [1.29, 1.82) is 0 Å². The minimum absolute atomic E-state index is 0.0226. The number of benzene rings is 2. The van der Waals surface area contributed by atoms with Crippen molar-refractivity contribution in [1.82, 2.24) is 10.6 Å². The fourth-order valence-electron chi connectivity index (χ4n) is 2.38. The Balaban J connectivity index is 2.21. The molecular weight excluding hydrogens is 367 g/mol. The summed E-state index contributed by atoms with van der Waals surface area (Å²) in [7, 11) is 0. The lowest BCUT2D eigenvalue weighted by Crippen LogP contribution is -2.45. The molecule has 7 nitrogen and oxygen atoms in total. The topological polar surface area (TPSA) is 116 Å². The molecule has 0 aliphatic heterocycles. The molecule has 0 saturated carbocycles. The third-order valence-electron chi connectivity index (χ3n) is 3.72. The fourth-order valence-corrected chi connectivity index (χ4v) is 2.38. The van der Waals surface area contributed by atoms with Gasteiger partial charge in [-0.25, -0.2) is 9.18 Å². The van der Waals surface area contributed by atoms with Gasteiger partial charge in [-0.1, -0.05) is 24.3 Å². The number of amides is 2. The Labute approximate surface area is 160 Å².